The maximum absolute atomic E-state index is 13.0. The van der Waals surface area contributed by atoms with E-state index in [2.05, 4.69) is 29.2 Å². The summed E-state index contributed by atoms with van der Waals surface area (Å²) in [6.07, 6.45) is 3.44. The molecule has 1 N–H and O–H groups in total. The minimum absolute atomic E-state index is 0.0752. The van der Waals surface area contributed by atoms with Crippen molar-refractivity contribution in [1.82, 2.24) is 9.88 Å². The van der Waals surface area contributed by atoms with Crippen molar-refractivity contribution < 1.29 is 24.2 Å². The molecule has 7 nitrogen and oxygen atoms in total. The van der Waals surface area contributed by atoms with E-state index in [0.717, 1.165) is 27.8 Å². The number of carbonyl (C=O) groups is 2. The van der Waals surface area contributed by atoms with Crippen LogP contribution in [0, 0.1) is 0 Å². The van der Waals surface area contributed by atoms with Crippen LogP contribution < -0.4 is 0 Å². The van der Waals surface area contributed by atoms with E-state index < -0.39 is 18.1 Å². The molecule has 1 amide bonds. The molecule has 1 aliphatic carbocycles. The summed E-state index contributed by atoms with van der Waals surface area (Å²) in [5.74, 6) is -1.12. The first-order valence-electron chi connectivity index (χ1n) is 11.5. The Labute approximate surface area is 198 Å². The molecule has 174 valence electrons. The van der Waals surface area contributed by atoms with Crippen LogP contribution in [-0.4, -0.2) is 59.0 Å². The highest BCUT2D eigenvalue weighted by Crippen LogP contribution is 2.44. The minimum atomic E-state index is -1.05. The highest BCUT2D eigenvalue weighted by molar-refractivity contribution is 5.81. The summed E-state index contributed by atoms with van der Waals surface area (Å²) in [7, 11) is 0. The van der Waals surface area contributed by atoms with E-state index in [1.807, 2.05) is 36.4 Å². The lowest BCUT2D eigenvalue weighted by Gasteiger charge is -2.22. The molecule has 0 spiro atoms. The first-order chi connectivity index (χ1) is 16.6. The van der Waals surface area contributed by atoms with Gasteiger partial charge in [-0.25, -0.2) is 9.59 Å². The summed E-state index contributed by atoms with van der Waals surface area (Å²) in [6.45, 7) is 0.782. The average molecular weight is 459 g/mol. The van der Waals surface area contributed by atoms with Crippen LogP contribution in [-0.2, 0) is 20.7 Å². The zero-order chi connectivity index (χ0) is 23.5. The number of carboxylic acids is 1. The summed E-state index contributed by atoms with van der Waals surface area (Å²) >= 11 is 0. The molecule has 5 rings (SSSR count). The molecular formula is C27H26N2O5. The van der Waals surface area contributed by atoms with E-state index in [4.69, 9.17) is 9.47 Å². The number of amides is 1. The quantitative estimate of drug-likeness (QED) is 0.573. The van der Waals surface area contributed by atoms with E-state index >= 15 is 0 Å². The first kappa shape index (κ1) is 22.1. The molecule has 3 aromatic rings. The number of ether oxygens (including phenoxy) is 2. The molecular weight excluding hydrogens is 432 g/mol. The molecule has 1 fully saturated rings. The van der Waals surface area contributed by atoms with Crippen molar-refractivity contribution in [1.29, 1.82) is 0 Å². The van der Waals surface area contributed by atoms with E-state index in [0.29, 0.717) is 13.0 Å². The normalized spacial score (nSPS) is 19.0. The molecule has 1 aliphatic heterocycles. The molecule has 0 saturated carbocycles. The number of aromatic nitrogens is 1. The van der Waals surface area contributed by atoms with Gasteiger partial charge in [0, 0.05) is 24.7 Å². The van der Waals surface area contributed by atoms with Crippen LogP contribution in [0.3, 0.4) is 0 Å². The predicted octanol–water partition coefficient (Wildman–Crippen LogP) is 4.12. The number of pyridine rings is 1. The van der Waals surface area contributed by atoms with Crippen molar-refractivity contribution in [3.63, 3.8) is 0 Å². The second-order valence-corrected chi connectivity index (χ2v) is 8.65. The highest BCUT2D eigenvalue weighted by atomic mass is 16.6. The predicted molar refractivity (Wildman–Crippen MR) is 125 cm³/mol. The van der Waals surface area contributed by atoms with Crippen molar-refractivity contribution in [2.75, 3.05) is 19.8 Å². The van der Waals surface area contributed by atoms with Gasteiger partial charge in [0.1, 0.15) is 12.6 Å². The fraction of sp³-hybridized carbons (Fsp3) is 0.296. The van der Waals surface area contributed by atoms with Gasteiger partial charge in [0.2, 0.25) is 0 Å². The Morgan fingerprint density at radius 3 is 2.35 bits per heavy atom. The Balaban J connectivity index is 1.22. The van der Waals surface area contributed by atoms with Gasteiger partial charge in [-0.2, -0.15) is 0 Å². The molecule has 0 radical (unpaired) electrons. The summed E-state index contributed by atoms with van der Waals surface area (Å²) in [5, 5.41) is 9.68. The summed E-state index contributed by atoms with van der Waals surface area (Å²) < 4.78 is 11.6. The van der Waals surface area contributed by atoms with E-state index in [-0.39, 0.29) is 31.6 Å². The number of carboxylic acid groups (broad SMARTS) is 1. The molecule has 34 heavy (non-hydrogen) atoms. The second-order valence-electron chi connectivity index (χ2n) is 8.65. The van der Waals surface area contributed by atoms with Crippen molar-refractivity contribution >= 4 is 12.1 Å². The molecule has 7 heteroatoms. The lowest BCUT2D eigenvalue weighted by Crippen LogP contribution is -2.41. The molecule has 1 aromatic heterocycles. The van der Waals surface area contributed by atoms with Gasteiger partial charge in [0.05, 0.1) is 19.3 Å². The lowest BCUT2D eigenvalue weighted by molar-refractivity contribution is -0.141. The Morgan fingerprint density at radius 2 is 1.71 bits per heavy atom. The van der Waals surface area contributed by atoms with E-state index in [1.54, 1.807) is 12.4 Å². The van der Waals surface area contributed by atoms with Crippen molar-refractivity contribution in [2.45, 2.75) is 30.9 Å². The zero-order valence-corrected chi connectivity index (χ0v) is 18.7. The topological polar surface area (TPSA) is 89.0 Å². The van der Waals surface area contributed by atoms with Crippen molar-refractivity contribution in [3.8, 4) is 11.1 Å². The summed E-state index contributed by atoms with van der Waals surface area (Å²) in [5.41, 5.74) is 5.56. The third kappa shape index (κ3) is 4.39. The smallest absolute Gasteiger partial charge is 0.410 e. The van der Waals surface area contributed by atoms with Gasteiger partial charge in [0.25, 0.3) is 0 Å². The number of hydrogen-bond acceptors (Lipinski definition) is 5. The lowest BCUT2D eigenvalue weighted by atomic mass is 9.98. The van der Waals surface area contributed by atoms with Gasteiger partial charge < -0.3 is 14.6 Å². The number of nitrogens with zero attached hydrogens (tertiary/aromatic N) is 2. The molecule has 2 aromatic carbocycles. The standard InChI is InChI=1S/C27H26N2O5/c30-26(31)25-14-19(33-13-11-18-6-5-12-28-15-18)16-29(25)27(32)34-17-24-22-9-3-1-7-20(22)21-8-2-4-10-23(21)24/h1-10,12,15,19,24-25H,11,13-14,16-17H2,(H,30,31)/t19-,25+/m1/s1. The molecule has 0 unspecified atom stereocenters. The Hall–Kier alpha value is -3.71. The second kappa shape index (κ2) is 9.65. The van der Waals surface area contributed by atoms with Gasteiger partial charge in [-0.15, -0.1) is 0 Å². The maximum Gasteiger partial charge on any atom is 0.410 e. The van der Waals surface area contributed by atoms with Gasteiger partial charge >= 0.3 is 12.1 Å². The zero-order valence-electron chi connectivity index (χ0n) is 18.7. The van der Waals surface area contributed by atoms with Crippen LogP contribution in [0.4, 0.5) is 4.79 Å². The van der Waals surface area contributed by atoms with Crippen LogP contribution in [0.25, 0.3) is 11.1 Å². The first-order valence-corrected chi connectivity index (χ1v) is 11.5. The van der Waals surface area contributed by atoms with Crippen LogP contribution in [0.15, 0.2) is 73.1 Å². The number of aliphatic carboxylic acids is 1. The number of likely N-dealkylation sites (tertiary alicyclic amines) is 1. The molecule has 2 aliphatic rings. The maximum atomic E-state index is 13.0. The van der Waals surface area contributed by atoms with Crippen LogP contribution in [0.5, 0.6) is 0 Å². The van der Waals surface area contributed by atoms with Gasteiger partial charge in [0.15, 0.2) is 0 Å². The monoisotopic (exact) mass is 458 g/mol. The SMILES string of the molecule is O=C(O)[C@@H]1C[C@@H](OCCc2cccnc2)CN1C(=O)OCC1c2ccccc2-c2ccccc21. The molecule has 2 heterocycles. The Kier molecular flexibility index (Phi) is 6.27. The van der Waals surface area contributed by atoms with Crippen molar-refractivity contribution in [3.05, 3.63) is 89.7 Å². The van der Waals surface area contributed by atoms with Crippen LogP contribution in [0.1, 0.15) is 29.0 Å². The summed E-state index contributed by atoms with van der Waals surface area (Å²) in [4.78, 5) is 30.2. The van der Waals surface area contributed by atoms with Gasteiger partial charge in [-0.1, -0.05) is 54.6 Å². The van der Waals surface area contributed by atoms with Gasteiger partial charge in [-0.05, 0) is 40.3 Å². The molecule has 2 atom stereocenters. The Morgan fingerprint density at radius 1 is 1.00 bits per heavy atom. The number of carbonyl (C=O) groups excluding carboxylic acids is 1. The van der Waals surface area contributed by atoms with Crippen LogP contribution >= 0.6 is 0 Å². The number of hydrogen-bond donors (Lipinski definition) is 1. The van der Waals surface area contributed by atoms with Crippen LogP contribution in [0.2, 0.25) is 0 Å². The number of fused-ring (bicyclic) bond motifs is 3. The summed E-state index contributed by atoms with van der Waals surface area (Å²) in [6, 6.07) is 19.1. The molecule has 0 bridgehead atoms. The third-order valence-electron chi connectivity index (χ3n) is 6.59. The van der Waals surface area contributed by atoms with Crippen molar-refractivity contribution in [2.24, 2.45) is 0 Å². The highest BCUT2D eigenvalue weighted by Gasteiger charge is 2.41. The van der Waals surface area contributed by atoms with E-state index in [1.165, 1.54) is 4.90 Å². The van der Waals surface area contributed by atoms with Gasteiger partial charge in [-0.3, -0.25) is 9.88 Å². The van der Waals surface area contributed by atoms with E-state index in [9.17, 15) is 14.7 Å². The Bertz CT molecular complexity index is 1140. The largest absolute Gasteiger partial charge is 0.480 e. The third-order valence-corrected chi connectivity index (χ3v) is 6.59. The number of rotatable bonds is 7. The fourth-order valence-corrected chi connectivity index (χ4v) is 4.92. The minimum Gasteiger partial charge on any atom is -0.480 e. The fourth-order valence-electron chi connectivity index (χ4n) is 4.92. The number of benzene rings is 2. The average Bonchev–Trinajstić information content (AvgIpc) is 3.43. The molecule has 1 saturated heterocycles.